The Balaban J connectivity index is 2.12. The molecule has 0 saturated carbocycles. The summed E-state index contributed by atoms with van der Waals surface area (Å²) in [4.78, 5) is 4.07. The Morgan fingerprint density at radius 2 is 1.25 bits per heavy atom. The van der Waals surface area contributed by atoms with Crippen molar-refractivity contribution in [3.63, 3.8) is 0 Å². The van der Waals surface area contributed by atoms with Crippen LogP contribution < -0.4 is 20.4 Å². The SMILES string of the molecule is CC(C)O[P@@](=O)(c1ccc(N(C)C)cc1)[C@H](Nc1ccccc1)c1ccc(N(C)C)cc1. The fourth-order valence-electron chi connectivity index (χ4n) is 3.55. The monoisotopic (exact) mass is 451 g/mol. The molecular weight excluding hydrogens is 417 g/mol. The number of rotatable bonds is 9. The summed E-state index contributed by atoms with van der Waals surface area (Å²) in [6.45, 7) is 3.85. The molecule has 0 aliphatic carbocycles. The van der Waals surface area contributed by atoms with Crippen LogP contribution in [0.5, 0.6) is 0 Å². The van der Waals surface area contributed by atoms with Gasteiger partial charge in [0.25, 0.3) is 7.37 Å². The van der Waals surface area contributed by atoms with Gasteiger partial charge in [-0.2, -0.15) is 0 Å². The van der Waals surface area contributed by atoms with E-state index in [9.17, 15) is 4.57 Å². The van der Waals surface area contributed by atoms with Gasteiger partial charge in [-0.25, -0.2) is 0 Å². The number of hydrogen-bond donors (Lipinski definition) is 1. The Hall–Kier alpha value is -2.75. The van der Waals surface area contributed by atoms with Crippen LogP contribution in [0.3, 0.4) is 0 Å². The Kier molecular flexibility index (Phi) is 7.65. The molecule has 6 heteroatoms. The van der Waals surface area contributed by atoms with Gasteiger partial charge >= 0.3 is 0 Å². The maximum atomic E-state index is 14.7. The highest BCUT2D eigenvalue weighted by Gasteiger charge is 2.38. The summed E-state index contributed by atoms with van der Waals surface area (Å²) in [6.07, 6.45) is -0.199. The predicted octanol–water partition coefficient (Wildman–Crippen LogP) is 5.96. The molecule has 0 unspecified atom stereocenters. The summed E-state index contributed by atoms with van der Waals surface area (Å²) < 4.78 is 21.0. The number of nitrogens with zero attached hydrogens (tertiary/aromatic N) is 2. The van der Waals surface area contributed by atoms with Crippen LogP contribution in [-0.2, 0) is 9.09 Å². The van der Waals surface area contributed by atoms with Gasteiger partial charge in [0.15, 0.2) is 0 Å². The average molecular weight is 452 g/mol. The van der Waals surface area contributed by atoms with Crippen molar-refractivity contribution in [2.24, 2.45) is 0 Å². The zero-order valence-electron chi connectivity index (χ0n) is 19.8. The lowest BCUT2D eigenvalue weighted by atomic mass is 10.2. The van der Waals surface area contributed by atoms with Gasteiger partial charge in [0.05, 0.1) is 6.10 Å². The third kappa shape index (κ3) is 5.53. The lowest BCUT2D eigenvalue weighted by molar-refractivity contribution is 0.245. The molecule has 0 radical (unpaired) electrons. The minimum absolute atomic E-state index is 0.199. The second-order valence-electron chi connectivity index (χ2n) is 8.56. The number of nitrogens with one attached hydrogen (secondary N) is 1. The van der Waals surface area contributed by atoms with Crippen LogP contribution >= 0.6 is 7.37 Å². The first-order valence-corrected chi connectivity index (χ1v) is 12.5. The van der Waals surface area contributed by atoms with Gasteiger partial charge in [-0.3, -0.25) is 4.57 Å². The number of anilines is 3. The molecule has 1 N–H and O–H groups in total. The van der Waals surface area contributed by atoms with Crippen LogP contribution in [0.2, 0.25) is 0 Å². The Labute approximate surface area is 192 Å². The standard InChI is InChI=1S/C26H34N3O2P/c1-20(2)31-32(30,25-18-16-24(17-19-25)29(5)6)26(27-22-10-8-7-9-11-22)21-12-14-23(15-13-21)28(3)4/h7-20,26-27H,1-6H3/t26-,32-/m0/s1. The second kappa shape index (κ2) is 10.2. The Bertz CT molecular complexity index is 1030. The molecule has 0 aliphatic rings. The molecule has 3 rings (SSSR count). The highest BCUT2D eigenvalue weighted by Crippen LogP contribution is 2.60. The summed E-state index contributed by atoms with van der Waals surface area (Å²) in [5, 5.41) is 4.21. The molecule has 170 valence electrons. The third-order valence-corrected chi connectivity index (χ3v) is 8.10. The largest absolute Gasteiger partial charge is 0.378 e. The zero-order valence-corrected chi connectivity index (χ0v) is 20.7. The minimum Gasteiger partial charge on any atom is -0.378 e. The van der Waals surface area contributed by atoms with Crippen molar-refractivity contribution < 1.29 is 9.09 Å². The first-order valence-electron chi connectivity index (χ1n) is 10.9. The van der Waals surface area contributed by atoms with E-state index in [2.05, 4.69) is 5.32 Å². The maximum absolute atomic E-state index is 14.7. The van der Waals surface area contributed by atoms with Gasteiger partial charge in [0.2, 0.25) is 0 Å². The van der Waals surface area contributed by atoms with E-state index in [4.69, 9.17) is 4.52 Å². The van der Waals surface area contributed by atoms with Crippen LogP contribution in [0, 0.1) is 0 Å². The van der Waals surface area contributed by atoms with E-state index >= 15 is 0 Å². The lowest BCUT2D eigenvalue weighted by Crippen LogP contribution is -2.23. The van der Waals surface area contributed by atoms with E-state index in [0.717, 1.165) is 22.6 Å². The fourth-order valence-corrected chi connectivity index (χ4v) is 6.17. The third-order valence-electron chi connectivity index (χ3n) is 5.24. The van der Waals surface area contributed by atoms with Crippen molar-refractivity contribution in [2.75, 3.05) is 43.3 Å². The minimum atomic E-state index is -3.36. The average Bonchev–Trinajstić information content (AvgIpc) is 2.77. The van der Waals surface area contributed by atoms with Crippen LogP contribution in [0.4, 0.5) is 17.1 Å². The Morgan fingerprint density at radius 1 is 0.750 bits per heavy atom. The number of benzene rings is 3. The summed E-state index contributed by atoms with van der Waals surface area (Å²) in [7, 11) is 4.64. The van der Waals surface area contributed by atoms with Crippen molar-refractivity contribution in [1.29, 1.82) is 0 Å². The number of para-hydroxylation sites is 1. The first kappa shape index (κ1) is 23.9. The van der Waals surface area contributed by atoms with Crippen molar-refractivity contribution in [3.05, 3.63) is 84.4 Å². The molecule has 2 atom stereocenters. The van der Waals surface area contributed by atoms with E-state index in [1.807, 2.05) is 131 Å². The molecule has 5 nitrogen and oxygen atoms in total. The van der Waals surface area contributed by atoms with Crippen LogP contribution in [0.25, 0.3) is 0 Å². The van der Waals surface area contributed by atoms with E-state index in [0.29, 0.717) is 5.30 Å². The van der Waals surface area contributed by atoms with Gasteiger partial charge in [-0.15, -0.1) is 0 Å². The molecule has 0 amide bonds. The summed E-state index contributed by atoms with van der Waals surface area (Å²) >= 11 is 0. The normalized spacial score (nSPS) is 14.0. The molecule has 0 aromatic heterocycles. The topological polar surface area (TPSA) is 44.8 Å². The molecular formula is C26H34N3O2P. The quantitative estimate of drug-likeness (QED) is 0.407. The fraction of sp³-hybridized carbons (Fsp3) is 0.308. The van der Waals surface area contributed by atoms with E-state index in [1.54, 1.807) is 0 Å². The van der Waals surface area contributed by atoms with Crippen LogP contribution in [0.15, 0.2) is 78.9 Å². The molecule has 3 aromatic carbocycles. The van der Waals surface area contributed by atoms with Gasteiger partial charge in [-0.1, -0.05) is 30.3 Å². The van der Waals surface area contributed by atoms with Crippen LogP contribution in [0.1, 0.15) is 25.2 Å². The predicted molar refractivity (Wildman–Crippen MR) is 138 cm³/mol. The van der Waals surface area contributed by atoms with E-state index in [-0.39, 0.29) is 6.10 Å². The number of hydrogen-bond acceptors (Lipinski definition) is 5. The lowest BCUT2D eigenvalue weighted by Gasteiger charge is -2.31. The molecule has 0 bridgehead atoms. The molecule has 0 saturated heterocycles. The molecule has 0 spiro atoms. The molecule has 0 fully saturated rings. The van der Waals surface area contributed by atoms with Gasteiger partial charge in [-0.05, 0) is 67.9 Å². The maximum Gasteiger partial charge on any atom is 0.258 e. The summed E-state index contributed by atoms with van der Waals surface area (Å²) in [5.74, 6) is -0.534. The Morgan fingerprint density at radius 3 is 1.72 bits per heavy atom. The first-order chi connectivity index (χ1) is 15.2. The highest BCUT2D eigenvalue weighted by molar-refractivity contribution is 7.67. The highest BCUT2D eigenvalue weighted by atomic mass is 31.2. The van der Waals surface area contributed by atoms with Crippen molar-refractivity contribution in [1.82, 2.24) is 0 Å². The molecule has 32 heavy (non-hydrogen) atoms. The summed E-state index contributed by atoms with van der Waals surface area (Å²) in [5.41, 5.74) is 3.95. The van der Waals surface area contributed by atoms with Gasteiger partial charge in [0, 0.05) is 50.6 Å². The summed E-state index contributed by atoms with van der Waals surface area (Å²) in [6, 6.07) is 25.8. The smallest absolute Gasteiger partial charge is 0.258 e. The van der Waals surface area contributed by atoms with Crippen molar-refractivity contribution >= 4 is 29.7 Å². The second-order valence-corrected chi connectivity index (χ2v) is 11.0. The van der Waals surface area contributed by atoms with Crippen molar-refractivity contribution in [2.45, 2.75) is 25.7 Å². The zero-order chi connectivity index (χ0) is 23.3. The van der Waals surface area contributed by atoms with Gasteiger partial charge in [0.1, 0.15) is 5.78 Å². The molecule has 3 aromatic rings. The molecule has 0 heterocycles. The van der Waals surface area contributed by atoms with E-state index < -0.39 is 13.2 Å². The van der Waals surface area contributed by atoms with E-state index in [1.165, 1.54) is 0 Å². The van der Waals surface area contributed by atoms with Crippen molar-refractivity contribution in [3.8, 4) is 0 Å². The van der Waals surface area contributed by atoms with Crippen LogP contribution in [-0.4, -0.2) is 34.3 Å². The van der Waals surface area contributed by atoms with Gasteiger partial charge < -0.3 is 19.6 Å². The molecule has 0 aliphatic heterocycles.